The highest BCUT2D eigenvalue weighted by Crippen LogP contribution is 2.39. The van der Waals surface area contributed by atoms with E-state index < -0.39 is 0 Å². The molecule has 0 saturated heterocycles. The summed E-state index contributed by atoms with van der Waals surface area (Å²) < 4.78 is 2.81. The Hall–Kier alpha value is -1.90. The standard InChI is InChI=1S/C22H18S2/c1-3-13-11-19-17-5-6-18-16(15(17)7-9-21(19)23-13)8-10-22-20(18)12-14(4-2)24-22/h5-12H,3-4H2,1-2H3. The van der Waals surface area contributed by atoms with Crippen LogP contribution in [-0.4, -0.2) is 0 Å². The lowest BCUT2D eigenvalue weighted by atomic mass is 9.98. The Labute approximate surface area is 149 Å². The molecule has 0 aliphatic rings. The maximum Gasteiger partial charge on any atom is 0.0352 e. The number of fused-ring (bicyclic) bond motifs is 7. The second-order valence-corrected chi connectivity index (χ2v) is 8.68. The lowest BCUT2D eigenvalue weighted by Gasteiger charge is -2.06. The summed E-state index contributed by atoms with van der Waals surface area (Å²) >= 11 is 3.86. The first kappa shape index (κ1) is 14.4. The second kappa shape index (κ2) is 5.30. The van der Waals surface area contributed by atoms with E-state index in [1.165, 1.54) is 51.5 Å². The molecule has 0 aliphatic carbocycles. The molecule has 0 atom stereocenters. The van der Waals surface area contributed by atoms with Gasteiger partial charge >= 0.3 is 0 Å². The van der Waals surface area contributed by atoms with Crippen LogP contribution in [0.15, 0.2) is 48.5 Å². The second-order valence-electron chi connectivity index (χ2n) is 6.34. The van der Waals surface area contributed by atoms with Crippen LogP contribution in [0, 0.1) is 0 Å². The van der Waals surface area contributed by atoms with Crippen molar-refractivity contribution >= 4 is 64.4 Å². The van der Waals surface area contributed by atoms with Gasteiger partial charge in [0.1, 0.15) is 0 Å². The van der Waals surface area contributed by atoms with Crippen LogP contribution in [0.3, 0.4) is 0 Å². The first-order chi connectivity index (χ1) is 11.8. The van der Waals surface area contributed by atoms with Crippen LogP contribution in [0.2, 0.25) is 0 Å². The SMILES string of the molecule is CCc1cc2c(ccc3c2ccc2c4cc(CC)sc4ccc23)s1. The Bertz CT molecular complexity index is 1120. The number of aryl methyl sites for hydroxylation is 2. The van der Waals surface area contributed by atoms with Crippen molar-refractivity contribution < 1.29 is 0 Å². The number of hydrogen-bond acceptors (Lipinski definition) is 2. The normalized spacial score (nSPS) is 12.1. The summed E-state index contributed by atoms with van der Waals surface area (Å²) in [6, 6.07) is 18.7. The minimum absolute atomic E-state index is 1.11. The molecule has 0 nitrogen and oxygen atoms in total. The van der Waals surface area contributed by atoms with Crippen molar-refractivity contribution in [2.45, 2.75) is 26.7 Å². The number of thiophene rings is 2. The van der Waals surface area contributed by atoms with Gasteiger partial charge in [0.25, 0.3) is 0 Å². The molecule has 118 valence electrons. The Morgan fingerprint density at radius 1 is 0.542 bits per heavy atom. The lowest BCUT2D eigenvalue weighted by Crippen LogP contribution is -1.79. The number of rotatable bonds is 2. The summed E-state index contributed by atoms with van der Waals surface area (Å²) in [7, 11) is 0. The van der Waals surface area contributed by atoms with Crippen molar-refractivity contribution in [3.05, 3.63) is 58.3 Å². The monoisotopic (exact) mass is 346 g/mol. The smallest absolute Gasteiger partial charge is 0.0352 e. The molecule has 0 bridgehead atoms. The minimum Gasteiger partial charge on any atom is -0.140 e. The van der Waals surface area contributed by atoms with Gasteiger partial charge in [0, 0.05) is 29.9 Å². The third-order valence-corrected chi connectivity index (χ3v) is 7.48. The topological polar surface area (TPSA) is 0 Å². The molecule has 2 heterocycles. The van der Waals surface area contributed by atoms with Crippen molar-refractivity contribution in [3.63, 3.8) is 0 Å². The summed E-state index contributed by atoms with van der Waals surface area (Å²) in [4.78, 5) is 2.94. The zero-order valence-electron chi connectivity index (χ0n) is 13.8. The van der Waals surface area contributed by atoms with E-state index in [0.717, 1.165) is 12.8 Å². The zero-order chi connectivity index (χ0) is 16.3. The van der Waals surface area contributed by atoms with Crippen molar-refractivity contribution in [3.8, 4) is 0 Å². The van der Waals surface area contributed by atoms with Crippen molar-refractivity contribution in [2.24, 2.45) is 0 Å². The Kier molecular flexibility index (Phi) is 3.19. The first-order valence-electron chi connectivity index (χ1n) is 8.57. The summed E-state index contributed by atoms with van der Waals surface area (Å²) in [5.41, 5.74) is 0. The Morgan fingerprint density at radius 2 is 0.917 bits per heavy atom. The van der Waals surface area contributed by atoms with Crippen LogP contribution in [0.1, 0.15) is 23.6 Å². The molecule has 2 aromatic heterocycles. The third-order valence-electron chi connectivity index (χ3n) is 4.99. The lowest BCUT2D eigenvalue weighted by molar-refractivity contribution is 1.19. The van der Waals surface area contributed by atoms with Gasteiger partial charge in [0.05, 0.1) is 0 Å². The Morgan fingerprint density at radius 3 is 1.33 bits per heavy atom. The van der Waals surface area contributed by atoms with Crippen LogP contribution in [0.5, 0.6) is 0 Å². The summed E-state index contributed by atoms with van der Waals surface area (Å²) in [6.07, 6.45) is 2.23. The van der Waals surface area contributed by atoms with E-state index in [2.05, 4.69) is 62.4 Å². The zero-order valence-corrected chi connectivity index (χ0v) is 15.5. The van der Waals surface area contributed by atoms with Crippen LogP contribution in [0.25, 0.3) is 41.7 Å². The largest absolute Gasteiger partial charge is 0.140 e. The van der Waals surface area contributed by atoms with Crippen LogP contribution < -0.4 is 0 Å². The molecule has 5 rings (SSSR count). The third kappa shape index (κ3) is 1.96. The van der Waals surface area contributed by atoms with E-state index in [4.69, 9.17) is 0 Å². The molecule has 0 unspecified atom stereocenters. The molecule has 0 fully saturated rings. The van der Waals surface area contributed by atoms with Gasteiger partial charge in [-0.1, -0.05) is 38.1 Å². The van der Waals surface area contributed by atoms with E-state index >= 15 is 0 Å². The van der Waals surface area contributed by atoms with Gasteiger partial charge in [-0.05, 0) is 58.7 Å². The molecule has 3 aromatic carbocycles. The molecule has 0 saturated carbocycles. The van der Waals surface area contributed by atoms with Crippen molar-refractivity contribution in [1.29, 1.82) is 0 Å². The fourth-order valence-corrected chi connectivity index (χ4v) is 5.75. The van der Waals surface area contributed by atoms with Gasteiger partial charge in [-0.2, -0.15) is 0 Å². The highest BCUT2D eigenvalue weighted by atomic mass is 32.1. The van der Waals surface area contributed by atoms with E-state index in [0.29, 0.717) is 0 Å². The van der Waals surface area contributed by atoms with Gasteiger partial charge in [0.15, 0.2) is 0 Å². The Balaban J connectivity index is 1.92. The summed E-state index contributed by atoms with van der Waals surface area (Å²) in [5, 5.41) is 8.37. The molecule has 2 heteroatoms. The van der Waals surface area contributed by atoms with Crippen LogP contribution in [-0.2, 0) is 12.8 Å². The predicted molar refractivity (Wildman–Crippen MR) is 111 cm³/mol. The molecule has 0 amide bonds. The molecule has 0 spiro atoms. The van der Waals surface area contributed by atoms with Crippen LogP contribution >= 0.6 is 22.7 Å². The maximum absolute atomic E-state index is 2.38. The van der Waals surface area contributed by atoms with E-state index in [-0.39, 0.29) is 0 Å². The highest BCUT2D eigenvalue weighted by molar-refractivity contribution is 7.19. The first-order valence-corrected chi connectivity index (χ1v) is 10.2. The minimum atomic E-state index is 1.11. The molecular formula is C22H18S2. The van der Waals surface area contributed by atoms with E-state index in [1.807, 2.05) is 22.7 Å². The fraction of sp³-hybridized carbons (Fsp3) is 0.182. The quantitative estimate of drug-likeness (QED) is 0.289. The average molecular weight is 347 g/mol. The highest BCUT2D eigenvalue weighted by Gasteiger charge is 2.10. The van der Waals surface area contributed by atoms with E-state index in [1.54, 1.807) is 0 Å². The fourth-order valence-electron chi connectivity index (χ4n) is 3.72. The number of hydrogen-bond donors (Lipinski definition) is 0. The molecule has 5 aromatic rings. The van der Waals surface area contributed by atoms with Gasteiger partial charge < -0.3 is 0 Å². The van der Waals surface area contributed by atoms with Crippen molar-refractivity contribution in [2.75, 3.05) is 0 Å². The van der Waals surface area contributed by atoms with Gasteiger partial charge in [-0.3, -0.25) is 0 Å². The van der Waals surface area contributed by atoms with E-state index in [9.17, 15) is 0 Å². The molecule has 0 N–H and O–H groups in total. The summed E-state index contributed by atoms with van der Waals surface area (Å²) in [5.74, 6) is 0. The van der Waals surface area contributed by atoms with Gasteiger partial charge in [0.2, 0.25) is 0 Å². The van der Waals surface area contributed by atoms with Gasteiger partial charge in [-0.15, -0.1) is 22.7 Å². The van der Waals surface area contributed by atoms with Gasteiger partial charge in [-0.25, -0.2) is 0 Å². The van der Waals surface area contributed by atoms with Crippen LogP contribution in [0.4, 0.5) is 0 Å². The predicted octanol–water partition coefficient (Wildman–Crippen LogP) is 7.55. The molecular weight excluding hydrogens is 328 g/mol. The maximum atomic E-state index is 2.38. The summed E-state index contributed by atoms with van der Waals surface area (Å²) in [6.45, 7) is 4.47. The number of benzene rings is 3. The molecule has 0 aliphatic heterocycles. The molecule has 24 heavy (non-hydrogen) atoms. The molecule has 0 radical (unpaired) electrons. The average Bonchev–Trinajstić information content (AvgIpc) is 3.24. The van der Waals surface area contributed by atoms with Crippen molar-refractivity contribution in [1.82, 2.24) is 0 Å².